The molecule has 3 rings (SSSR count). The molecule has 0 unspecified atom stereocenters. The second kappa shape index (κ2) is 7.64. The smallest absolute Gasteiger partial charge is 0.178 e. The Morgan fingerprint density at radius 1 is 1.04 bits per heavy atom. The van der Waals surface area contributed by atoms with Gasteiger partial charge in [-0.3, -0.25) is 4.90 Å². The maximum Gasteiger partial charge on any atom is 0.178 e. The van der Waals surface area contributed by atoms with Gasteiger partial charge in [0.1, 0.15) is 5.82 Å². The van der Waals surface area contributed by atoms with Crippen LogP contribution in [0.1, 0.15) is 51.6 Å². The molecule has 0 saturated heterocycles. The number of anilines is 1. The second-order valence-electron chi connectivity index (χ2n) is 8.39. The first kappa shape index (κ1) is 19.3. The van der Waals surface area contributed by atoms with Gasteiger partial charge in [-0.05, 0) is 44.2 Å². The number of fused-ring (bicyclic) bond motifs is 1. The molecule has 3 aromatic rings. The Kier molecular flexibility index (Phi) is 5.46. The van der Waals surface area contributed by atoms with Crippen molar-refractivity contribution in [3.05, 3.63) is 53.3 Å². The molecule has 0 aliphatic carbocycles. The van der Waals surface area contributed by atoms with E-state index in [0.29, 0.717) is 6.04 Å². The molecule has 0 amide bonds. The van der Waals surface area contributed by atoms with E-state index in [4.69, 9.17) is 5.10 Å². The van der Waals surface area contributed by atoms with Gasteiger partial charge in [0.25, 0.3) is 0 Å². The molecule has 0 spiro atoms. The van der Waals surface area contributed by atoms with Crippen molar-refractivity contribution in [1.82, 2.24) is 24.7 Å². The first-order chi connectivity index (χ1) is 12.8. The zero-order chi connectivity index (χ0) is 19.6. The topological polar surface area (TPSA) is 58.3 Å². The van der Waals surface area contributed by atoms with Gasteiger partial charge in [0.05, 0.1) is 0 Å². The van der Waals surface area contributed by atoms with Crippen LogP contribution in [0.25, 0.3) is 5.65 Å². The molecule has 2 heterocycles. The van der Waals surface area contributed by atoms with E-state index in [9.17, 15) is 0 Å². The van der Waals surface area contributed by atoms with Crippen LogP contribution in [0.3, 0.4) is 0 Å². The fraction of sp³-hybridized carbons (Fsp3) is 0.476. The lowest BCUT2D eigenvalue weighted by atomic mass is 9.96. The third-order valence-corrected chi connectivity index (χ3v) is 4.81. The molecule has 1 N–H and O–H groups in total. The average molecular weight is 367 g/mol. The summed E-state index contributed by atoms with van der Waals surface area (Å²) in [4.78, 5) is 2.34. The molecule has 27 heavy (non-hydrogen) atoms. The summed E-state index contributed by atoms with van der Waals surface area (Å²) in [6.07, 6.45) is 0. The summed E-state index contributed by atoms with van der Waals surface area (Å²) in [5, 5.41) is 16.7. The summed E-state index contributed by atoms with van der Waals surface area (Å²) < 4.78 is 1.83. The van der Waals surface area contributed by atoms with Crippen LogP contribution in [0.5, 0.6) is 0 Å². The summed E-state index contributed by atoms with van der Waals surface area (Å²) in [5.41, 5.74) is 3.28. The van der Waals surface area contributed by atoms with Gasteiger partial charge in [-0.1, -0.05) is 45.0 Å². The molecule has 0 aliphatic rings. The molecule has 6 heteroatoms. The normalized spacial score (nSPS) is 12.3. The highest BCUT2D eigenvalue weighted by Crippen LogP contribution is 2.21. The number of hydrogen-bond acceptors (Lipinski definition) is 5. The van der Waals surface area contributed by atoms with Crippen molar-refractivity contribution in [2.24, 2.45) is 0 Å². The van der Waals surface area contributed by atoms with E-state index < -0.39 is 0 Å². The molecule has 0 aliphatic heterocycles. The highest BCUT2D eigenvalue weighted by Gasteiger charge is 2.21. The first-order valence-electron chi connectivity index (χ1n) is 9.49. The van der Waals surface area contributed by atoms with E-state index in [1.54, 1.807) is 0 Å². The standard InChI is InChI=1S/C21H30N6/c1-15(2)26(6)14-17-10-8-7-9-16(17)13-22-18-11-12-19-23-24-20(21(3,4)5)27(19)25-18/h7-12,15H,13-14H2,1-6H3,(H,22,25). The molecule has 1 aromatic carbocycles. The number of rotatable bonds is 6. The van der Waals surface area contributed by atoms with E-state index in [1.807, 2.05) is 16.6 Å². The van der Waals surface area contributed by atoms with Gasteiger partial charge in [0.15, 0.2) is 11.5 Å². The van der Waals surface area contributed by atoms with E-state index in [2.05, 4.69) is 86.3 Å². The third kappa shape index (κ3) is 4.45. The van der Waals surface area contributed by atoms with E-state index >= 15 is 0 Å². The predicted octanol–water partition coefficient (Wildman–Crippen LogP) is 3.87. The van der Waals surface area contributed by atoms with Gasteiger partial charge in [-0.25, -0.2) is 0 Å². The molecule has 0 saturated carbocycles. The Hall–Kier alpha value is -2.47. The van der Waals surface area contributed by atoms with E-state index in [-0.39, 0.29) is 5.41 Å². The molecule has 0 bridgehead atoms. The van der Waals surface area contributed by atoms with Gasteiger partial charge >= 0.3 is 0 Å². The second-order valence-corrected chi connectivity index (χ2v) is 8.39. The van der Waals surface area contributed by atoms with Crippen molar-refractivity contribution in [1.29, 1.82) is 0 Å². The summed E-state index contributed by atoms with van der Waals surface area (Å²) in [6, 6.07) is 13.0. The molecule has 0 radical (unpaired) electrons. The molecule has 144 valence electrons. The number of hydrogen-bond donors (Lipinski definition) is 1. The summed E-state index contributed by atoms with van der Waals surface area (Å²) >= 11 is 0. The van der Waals surface area contributed by atoms with Crippen molar-refractivity contribution < 1.29 is 0 Å². The highest BCUT2D eigenvalue weighted by atomic mass is 15.4. The Balaban J connectivity index is 1.79. The molecule has 2 aromatic heterocycles. The highest BCUT2D eigenvalue weighted by molar-refractivity contribution is 5.45. The quantitative estimate of drug-likeness (QED) is 0.717. The van der Waals surface area contributed by atoms with E-state index in [0.717, 1.165) is 30.4 Å². The SMILES string of the molecule is CC(C)N(C)Cc1ccccc1CNc1ccc2nnc(C(C)(C)C)n2n1. The molecule has 0 atom stereocenters. The minimum Gasteiger partial charge on any atom is -0.365 e. The van der Waals surface area contributed by atoms with E-state index in [1.165, 1.54) is 11.1 Å². The fourth-order valence-electron chi connectivity index (χ4n) is 2.87. The Morgan fingerprint density at radius 3 is 2.41 bits per heavy atom. The Bertz CT molecular complexity index is 906. The average Bonchev–Trinajstić information content (AvgIpc) is 3.04. The number of nitrogens with one attached hydrogen (secondary N) is 1. The zero-order valence-electron chi connectivity index (χ0n) is 17.2. The lowest BCUT2D eigenvalue weighted by Gasteiger charge is -2.22. The van der Waals surface area contributed by atoms with Crippen LogP contribution in [0, 0.1) is 0 Å². The summed E-state index contributed by atoms with van der Waals surface area (Å²) in [6.45, 7) is 12.4. The third-order valence-electron chi connectivity index (χ3n) is 4.81. The van der Waals surface area contributed by atoms with Crippen LogP contribution in [0.4, 0.5) is 5.82 Å². The first-order valence-corrected chi connectivity index (χ1v) is 9.49. The van der Waals surface area contributed by atoms with Gasteiger partial charge in [0.2, 0.25) is 0 Å². The molecular formula is C21H30N6. The molecule has 0 fully saturated rings. The van der Waals surface area contributed by atoms with Gasteiger partial charge < -0.3 is 5.32 Å². The fourth-order valence-corrected chi connectivity index (χ4v) is 2.87. The number of aromatic nitrogens is 4. The van der Waals surface area contributed by atoms with Crippen molar-refractivity contribution in [3.63, 3.8) is 0 Å². The van der Waals surface area contributed by atoms with Crippen molar-refractivity contribution in [2.75, 3.05) is 12.4 Å². The van der Waals surface area contributed by atoms with Crippen molar-refractivity contribution in [3.8, 4) is 0 Å². The Labute approximate surface area is 161 Å². The zero-order valence-corrected chi connectivity index (χ0v) is 17.2. The Morgan fingerprint density at radius 2 is 1.74 bits per heavy atom. The van der Waals surface area contributed by atoms with Gasteiger partial charge in [-0.15, -0.1) is 15.3 Å². The van der Waals surface area contributed by atoms with Crippen LogP contribution in [0.2, 0.25) is 0 Å². The van der Waals surface area contributed by atoms with Gasteiger partial charge in [-0.2, -0.15) is 4.52 Å². The van der Waals surface area contributed by atoms with Crippen LogP contribution in [-0.4, -0.2) is 37.8 Å². The van der Waals surface area contributed by atoms with Crippen LogP contribution < -0.4 is 5.32 Å². The van der Waals surface area contributed by atoms with Crippen LogP contribution in [0.15, 0.2) is 36.4 Å². The number of nitrogens with zero attached hydrogens (tertiary/aromatic N) is 5. The maximum absolute atomic E-state index is 4.71. The van der Waals surface area contributed by atoms with Crippen molar-refractivity contribution in [2.45, 2.75) is 59.2 Å². The monoisotopic (exact) mass is 366 g/mol. The number of benzene rings is 1. The predicted molar refractivity (Wildman–Crippen MR) is 110 cm³/mol. The van der Waals surface area contributed by atoms with Crippen LogP contribution in [-0.2, 0) is 18.5 Å². The lowest BCUT2D eigenvalue weighted by molar-refractivity contribution is 0.265. The lowest BCUT2D eigenvalue weighted by Crippen LogP contribution is -2.26. The maximum atomic E-state index is 4.71. The summed E-state index contributed by atoms with van der Waals surface area (Å²) in [7, 11) is 2.16. The largest absolute Gasteiger partial charge is 0.365 e. The van der Waals surface area contributed by atoms with Crippen LogP contribution >= 0.6 is 0 Å². The minimum atomic E-state index is -0.112. The van der Waals surface area contributed by atoms with Gasteiger partial charge in [0, 0.05) is 24.5 Å². The molecule has 6 nitrogen and oxygen atoms in total. The summed E-state index contributed by atoms with van der Waals surface area (Å²) in [5.74, 6) is 1.68. The minimum absolute atomic E-state index is 0.112. The van der Waals surface area contributed by atoms with Crippen molar-refractivity contribution >= 4 is 11.5 Å². The molecular weight excluding hydrogens is 336 g/mol.